The normalized spacial score (nSPS) is 18.3. The molecule has 1 aliphatic heterocycles. The Bertz CT molecular complexity index is 693. The minimum Gasteiger partial charge on any atom is -0.425 e. The van der Waals surface area contributed by atoms with E-state index in [9.17, 15) is 4.79 Å². The first-order valence-electron chi connectivity index (χ1n) is 8.26. The molecule has 0 spiro atoms. The van der Waals surface area contributed by atoms with Crippen LogP contribution in [0.4, 0.5) is 0 Å². The Balaban J connectivity index is 1.54. The number of ether oxygens (including phenoxy) is 1. The molecule has 0 aromatic carbocycles. The second-order valence-electron chi connectivity index (χ2n) is 6.34. The summed E-state index contributed by atoms with van der Waals surface area (Å²) in [5.74, 6) is 2.15. The standard InChI is InChI=1S/C16H23N5O3/c1-10(2)16-20-19-13(24-16)4-5-14(22)21-6-7-23-12(9-21)15-17-8-11(3)18-15/h8,10,12H,4-7,9H2,1-3H3,(H,17,18)/t12-/m1/s1. The number of amides is 1. The van der Waals surface area contributed by atoms with Gasteiger partial charge in [0.2, 0.25) is 17.7 Å². The van der Waals surface area contributed by atoms with Gasteiger partial charge in [-0.2, -0.15) is 0 Å². The first-order valence-corrected chi connectivity index (χ1v) is 8.26. The lowest BCUT2D eigenvalue weighted by Gasteiger charge is -2.32. The van der Waals surface area contributed by atoms with Gasteiger partial charge in [-0.3, -0.25) is 4.79 Å². The number of aromatic amines is 1. The van der Waals surface area contributed by atoms with Gasteiger partial charge in [-0.25, -0.2) is 4.98 Å². The summed E-state index contributed by atoms with van der Waals surface area (Å²) in [4.78, 5) is 21.7. The van der Waals surface area contributed by atoms with Gasteiger partial charge in [-0.1, -0.05) is 13.8 Å². The molecule has 2 aromatic heterocycles. The Morgan fingerprint density at radius 3 is 2.96 bits per heavy atom. The number of hydrogen-bond acceptors (Lipinski definition) is 6. The van der Waals surface area contributed by atoms with Gasteiger partial charge in [0.25, 0.3) is 0 Å². The van der Waals surface area contributed by atoms with E-state index in [1.807, 2.05) is 25.7 Å². The van der Waals surface area contributed by atoms with Gasteiger partial charge in [0.05, 0.1) is 13.2 Å². The summed E-state index contributed by atoms with van der Waals surface area (Å²) in [7, 11) is 0. The number of nitrogens with one attached hydrogen (secondary N) is 1. The zero-order valence-electron chi connectivity index (χ0n) is 14.3. The fourth-order valence-corrected chi connectivity index (χ4v) is 2.61. The minimum absolute atomic E-state index is 0.0656. The fraction of sp³-hybridized carbons (Fsp3) is 0.625. The number of rotatable bonds is 5. The van der Waals surface area contributed by atoms with Crippen molar-refractivity contribution in [3.63, 3.8) is 0 Å². The molecule has 0 aliphatic carbocycles. The number of carbonyl (C=O) groups excluding carboxylic acids is 1. The number of aromatic nitrogens is 4. The molecule has 130 valence electrons. The predicted octanol–water partition coefficient (Wildman–Crippen LogP) is 1.76. The molecule has 1 N–H and O–H groups in total. The third-order valence-corrected chi connectivity index (χ3v) is 3.98. The van der Waals surface area contributed by atoms with Crippen LogP contribution in [-0.4, -0.2) is 50.7 Å². The van der Waals surface area contributed by atoms with Gasteiger partial charge in [-0.05, 0) is 6.92 Å². The summed E-state index contributed by atoms with van der Waals surface area (Å²) < 4.78 is 11.3. The van der Waals surface area contributed by atoms with Crippen molar-refractivity contribution in [3.8, 4) is 0 Å². The maximum atomic E-state index is 12.4. The molecule has 1 aliphatic rings. The van der Waals surface area contributed by atoms with E-state index in [2.05, 4.69) is 20.2 Å². The highest BCUT2D eigenvalue weighted by Crippen LogP contribution is 2.20. The molecular weight excluding hydrogens is 310 g/mol. The SMILES string of the molecule is Cc1cnc([C@H]2CN(C(=O)CCc3nnc(C(C)C)o3)CCO2)[nH]1. The van der Waals surface area contributed by atoms with Crippen molar-refractivity contribution in [2.45, 2.75) is 45.6 Å². The number of aryl methyl sites for hydroxylation is 2. The first kappa shape index (κ1) is 16.6. The Kier molecular flexibility index (Phi) is 4.94. The van der Waals surface area contributed by atoms with Crippen LogP contribution in [-0.2, 0) is 16.0 Å². The Morgan fingerprint density at radius 1 is 1.46 bits per heavy atom. The lowest BCUT2D eigenvalue weighted by atomic mass is 10.2. The minimum atomic E-state index is -0.202. The van der Waals surface area contributed by atoms with E-state index >= 15 is 0 Å². The van der Waals surface area contributed by atoms with Gasteiger partial charge < -0.3 is 19.0 Å². The van der Waals surface area contributed by atoms with Crippen LogP contribution >= 0.6 is 0 Å². The summed E-state index contributed by atoms with van der Waals surface area (Å²) >= 11 is 0. The lowest BCUT2D eigenvalue weighted by molar-refractivity contribution is -0.139. The molecule has 8 nitrogen and oxygen atoms in total. The second-order valence-corrected chi connectivity index (χ2v) is 6.34. The quantitative estimate of drug-likeness (QED) is 0.895. The Morgan fingerprint density at radius 2 is 2.29 bits per heavy atom. The zero-order valence-corrected chi connectivity index (χ0v) is 14.3. The summed E-state index contributed by atoms with van der Waals surface area (Å²) in [6, 6.07) is 0. The molecule has 3 heterocycles. The summed E-state index contributed by atoms with van der Waals surface area (Å²) in [5, 5.41) is 7.98. The van der Waals surface area contributed by atoms with Gasteiger partial charge in [-0.15, -0.1) is 10.2 Å². The van der Waals surface area contributed by atoms with E-state index < -0.39 is 0 Å². The highest BCUT2D eigenvalue weighted by molar-refractivity contribution is 5.76. The van der Waals surface area contributed by atoms with Crippen LogP contribution in [0, 0.1) is 6.92 Å². The number of carbonyl (C=O) groups is 1. The maximum absolute atomic E-state index is 12.4. The predicted molar refractivity (Wildman–Crippen MR) is 85.3 cm³/mol. The van der Waals surface area contributed by atoms with E-state index in [1.54, 1.807) is 6.20 Å². The molecule has 8 heteroatoms. The van der Waals surface area contributed by atoms with Gasteiger partial charge >= 0.3 is 0 Å². The number of nitrogens with zero attached hydrogens (tertiary/aromatic N) is 4. The molecule has 1 fully saturated rings. The third kappa shape index (κ3) is 3.81. The van der Waals surface area contributed by atoms with Crippen LogP contribution in [0.25, 0.3) is 0 Å². The molecular formula is C16H23N5O3. The monoisotopic (exact) mass is 333 g/mol. The van der Waals surface area contributed by atoms with Gasteiger partial charge in [0, 0.05) is 37.2 Å². The van der Waals surface area contributed by atoms with Gasteiger partial charge in [0.15, 0.2) is 0 Å². The molecule has 2 aromatic rings. The number of hydrogen-bond donors (Lipinski definition) is 1. The molecule has 1 amide bonds. The molecule has 0 unspecified atom stereocenters. The van der Waals surface area contributed by atoms with Crippen molar-refractivity contribution >= 4 is 5.91 Å². The number of imidazole rings is 1. The fourth-order valence-electron chi connectivity index (χ4n) is 2.61. The molecule has 1 saturated heterocycles. The van der Waals surface area contributed by atoms with Crippen LogP contribution in [0.15, 0.2) is 10.6 Å². The van der Waals surface area contributed by atoms with Crippen molar-refractivity contribution in [2.75, 3.05) is 19.7 Å². The summed E-state index contributed by atoms with van der Waals surface area (Å²) in [5.41, 5.74) is 0.981. The van der Waals surface area contributed by atoms with E-state index in [-0.39, 0.29) is 17.9 Å². The molecule has 3 rings (SSSR count). The summed E-state index contributed by atoms with van der Waals surface area (Å²) in [6.45, 7) is 7.54. The molecule has 1 atom stereocenters. The van der Waals surface area contributed by atoms with Crippen LogP contribution in [0.3, 0.4) is 0 Å². The van der Waals surface area contributed by atoms with Crippen molar-refractivity contribution in [2.24, 2.45) is 0 Å². The topological polar surface area (TPSA) is 97.1 Å². The van der Waals surface area contributed by atoms with Crippen molar-refractivity contribution in [1.82, 2.24) is 25.1 Å². The van der Waals surface area contributed by atoms with Crippen LogP contribution in [0.5, 0.6) is 0 Å². The molecule has 0 bridgehead atoms. The average Bonchev–Trinajstić information content (AvgIpc) is 3.22. The zero-order chi connectivity index (χ0) is 17.1. The maximum Gasteiger partial charge on any atom is 0.223 e. The highest BCUT2D eigenvalue weighted by atomic mass is 16.5. The van der Waals surface area contributed by atoms with E-state index in [0.29, 0.717) is 44.3 Å². The third-order valence-electron chi connectivity index (χ3n) is 3.98. The van der Waals surface area contributed by atoms with Crippen LogP contribution in [0.1, 0.15) is 55.6 Å². The average molecular weight is 333 g/mol. The van der Waals surface area contributed by atoms with Crippen molar-refractivity contribution in [3.05, 3.63) is 29.5 Å². The summed E-state index contributed by atoms with van der Waals surface area (Å²) in [6.07, 6.45) is 2.37. The van der Waals surface area contributed by atoms with Crippen molar-refractivity contribution < 1.29 is 13.9 Å². The second kappa shape index (κ2) is 7.12. The number of H-pyrrole nitrogens is 1. The van der Waals surface area contributed by atoms with E-state index in [0.717, 1.165) is 11.5 Å². The van der Waals surface area contributed by atoms with E-state index in [1.165, 1.54) is 0 Å². The molecule has 0 radical (unpaired) electrons. The molecule has 0 saturated carbocycles. The highest BCUT2D eigenvalue weighted by Gasteiger charge is 2.27. The van der Waals surface area contributed by atoms with Crippen molar-refractivity contribution in [1.29, 1.82) is 0 Å². The number of morpholine rings is 1. The lowest BCUT2D eigenvalue weighted by Crippen LogP contribution is -2.42. The van der Waals surface area contributed by atoms with Gasteiger partial charge in [0.1, 0.15) is 11.9 Å². The largest absolute Gasteiger partial charge is 0.425 e. The van der Waals surface area contributed by atoms with Crippen LogP contribution < -0.4 is 0 Å². The van der Waals surface area contributed by atoms with E-state index in [4.69, 9.17) is 9.15 Å². The smallest absolute Gasteiger partial charge is 0.223 e. The van der Waals surface area contributed by atoms with Crippen LogP contribution in [0.2, 0.25) is 0 Å². The Labute approximate surface area is 140 Å². The first-order chi connectivity index (χ1) is 11.5. The Hall–Kier alpha value is -2.22. The molecule has 24 heavy (non-hydrogen) atoms.